The van der Waals surface area contributed by atoms with Gasteiger partial charge in [0.05, 0.1) is 17.8 Å². The highest BCUT2D eigenvalue weighted by Gasteiger charge is 2.41. The van der Waals surface area contributed by atoms with Gasteiger partial charge in [-0.1, -0.05) is 41.9 Å². The van der Waals surface area contributed by atoms with E-state index in [1.807, 2.05) is 24.4 Å². The highest BCUT2D eigenvalue weighted by molar-refractivity contribution is 9.10. The number of thiocarbonyl (C=S) groups is 1. The van der Waals surface area contributed by atoms with Gasteiger partial charge < -0.3 is 14.8 Å². The van der Waals surface area contributed by atoms with Crippen LogP contribution in [0.15, 0.2) is 71.5 Å². The standard InChI is InChI=1S/C22H23BrN4S/c1-15(2)14-27-21(20(25-22(27)28)18-9-3-4-11-24-18)19-10-6-12-26(19)17-8-5-7-16(23)13-17/h3-13,15,20-21H,14H2,1-2H3,(H,25,28)/t20-,21-/m1/s1. The highest BCUT2D eigenvalue weighted by atomic mass is 79.9. The number of hydrogen-bond donors (Lipinski definition) is 1. The lowest BCUT2D eigenvalue weighted by atomic mass is 10.0. The average molecular weight is 455 g/mol. The topological polar surface area (TPSA) is 33.1 Å². The lowest BCUT2D eigenvalue weighted by molar-refractivity contribution is 0.280. The van der Waals surface area contributed by atoms with E-state index >= 15 is 0 Å². The first-order valence-electron chi connectivity index (χ1n) is 9.46. The van der Waals surface area contributed by atoms with Crippen LogP contribution in [0.5, 0.6) is 0 Å². The molecule has 0 radical (unpaired) electrons. The van der Waals surface area contributed by atoms with E-state index in [0.29, 0.717) is 5.92 Å². The molecule has 144 valence electrons. The monoisotopic (exact) mass is 454 g/mol. The van der Waals surface area contributed by atoms with Gasteiger partial charge in [0.2, 0.25) is 0 Å². The number of aromatic nitrogens is 2. The largest absolute Gasteiger partial charge is 0.352 e. The van der Waals surface area contributed by atoms with E-state index in [1.165, 1.54) is 5.69 Å². The van der Waals surface area contributed by atoms with Crippen molar-refractivity contribution in [1.82, 2.24) is 19.8 Å². The Kier molecular flexibility index (Phi) is 5.51. The average Bonchev–Trinajstić information content (AvgIpc) is 3.27. The second-order valence-electron chi connectivity index (χ2n) is 7.46. The third-order valence-electron chi connectivity index (χ3n) is 4.93. The zero-order chi connectivity index (χ0) is 19.7. The molecule has 2 aromatic heterocycles. The van der Waals surface area contributed by atoms with Gasteiger partial charge in [0.1, 0.15) is 0 Å². The van der Waals surface area contributed by atoms with Crippen molar-refractivity contribution in [2.45, 2.75) is 25.9 Å². The van der Waals surface area contributed by atoms with Crippen molar-refractivity contribution in [2.75, 3.05) is 6.54 Å². The molecule has 6 heteroatoms. The van der Waals surface area contributed by atoms with E-state index in [4.69, 9.17) is 12.2 Å². The SMILES string of the molecule is CC(C)CN1C(=S)N[C@H](c2ccccn2)[C@H]1c1cccn1-c1cccc(Br)c1. The Hall–Kier alpha value is -2.18. The summed E-state index contributed by atoms with van der Waals surface area (Å²) in [7, 11) is 0. The van der Waals surface area contributed by atoms with Crippen LogP contribution in [-0.2, 0) is 0 Å². The second kappa shape index (κ2) is 8.05. The summed E-state index contributed by atoms with van der Waals surface area (Å²) in [6.45, 7) is 5.34. The number of nitrogens with one attached hydrogen (secondary N) is 1. The molecule has 3 aromatic rings. The van der Waals surface area contributed by atoms with Crippen LogP contribution >= 0.6 is 28.1 Å². The number of halogens is 1. The fourth-order valence-corrected chi connectivity index (χ4v) is 4.52. The smallest absolute Gasteiger partial charge is 0.170 e. The first kappa shape index (κ1) is 19.2. The molecule has 1 aromatic carbocycles. The number of benzene rings is 1. The lowest BCUT2D eigenvalue weighted by Crippen LogP contribution is -2.33. The molecule has 4 nitrogen and oxygen atoms in total. The Morgan fingerprint density at radius 2 is 2.00 bits per heavy atom. The van der Waals surface area contributed by atoms with E-state index < -0.39 is 0 Å². The molecule has 0 saturated carbocycles. The summed E-state index contributed by atoms with van der Waals surface area (Å²) in [5, 5.41) is 4.31. The van der Waals surface area contributed by atoms with Crippen LogP contribution in [0, 0.1) is 5.92 Å². The Balaban J connectivity index is 1.81. The number of nitrogens with zero attached hydrogens (tertiary/aromatic N) is 3. The van der Waals surface area contributed by atoms with Crippen LogP contribution in [0.3, 0.4) is 0 Å². The van der Waals surface area contributed by atoms with E-state index in [1.54, 1.807) is 0 Å². The first-order valence-corrected chi connectivity index (χ1v) is 10.7. The van der Waals surface area contributed by atoms with Gasteiger partial charge in [-0.25, -0.2) is 0 Å². The van der Waals surface area contributed by atoms with Gasteiger partial charge in [-0.15, -0.1) is 0 Å². The van der Waals surface area contributed by atoms with E-state index in [9.17, 15) is 0 Å². The molecule has 0 amide bonds. The van der Waals surface area contributed by atoms with Gasteiger partial charge in [0, 0.05) is 34.8 Å². The van der Waals surface area contributed by atoms with Gasteiger partial charge in [-0.3, -0.25) is 4.98 Å². The molecule has 2 atom stereocenters. The maximum Gasteiger partial charge on any atom is 0.170 e. The van der Waals surface area contributed by atoms with Crippen molar-refractivity contribution in [1.29, 1.82) is 0 Å². The molecule has 1 aliphatic rings. The first-order chi connectivity index (χ1) is 13.5. The lowest BCUT2D eigenvalue weighted by Gasteiger charge is -2.30. The van der Waals surface area contributed by atoms with Crippen LogP contribution < -0.4 is 5.32 Å². The van der Waals surface area contributed by atoms with Crippen LogP contribution in [0.4, 0.5) is 0 Å². The van der Waals surface area contributed by atoms with Gasteiger partial charge in [-0.05, 0) is 60.6 Å². The summed E-state index contributed by atoms with van der Waals surface area (Å²) < 4.78 is 3.30. The minimum absolute atomic E-state index is 0.00764. The van der Waals surface area contributed by atoms with Crippen molar-refractivity contribution in [2.24, 2.45) is 5.92 Å². The predicted molar refractivity (Wildman–Crippen MR) is 120 cm³/mol. The van der Waals surface area contributed by atoms with Gasteiger partial charge in [0.15, 0.2) is 5.11 Å². The predicted octanol–water partition coefficient (Wildman–Crippen LogP) is 5.26. The highest BCUT2D eigenvalue weighted by Crippen LogP contribution is 2.40. The Morgan fingerprint density at radius 1 is 1.14 bits per heavy atom. The van der Waals surface area contributed by atoms with Gasteiger partial charge >= 0.3 is 0 Å². The zero-order valence-corrected chi connectivity index (χ0v) is 18.3. The van der Waals surface area contributed by atoms with Crippen molar-refractivity contribution in [3.05, 3.63) is 82.9 Å². The third kappa shape index (κ3) is 3.71. The third-order valence-corrected chi connectivity index (χ3v) is 5.77. The molecule has 1 saturated heterocycles. The van der Waals surface area contributed by atoms with E-state index in [0.717, 1.165) is 27.5 Å². The van der Waals surface area contributed by atoms with Gasteiger partial charge in [0.25, 0.3) is 0 Å². The molecular weight excluding hydrogens is 432 g/mol. The minimum Gasteiger partial charge on any atom is -0.352 e. The van der Waals surface area contributed by atoms with Crippen LogP contribution in [0.2, 0.25) is 0 Å². The van der Waals surface area contributed by atoms with Crippen molar-refractivity contribution >= 4 is 33.3 Å². The number of hydrogen-bond acceptors (Lipinski definition) is 2. The molecular formula is C22H23BrN4S. The molecule has 1 fully saturated rings. The minimum atomic E-state index is 0.00764. The van der Waals surface area contributed by atoms with Crippen molar-refractivity contribution in [3.8, 4) is 5.69 Å². The molecule has 0 aliphatic carbocycles. The van der Waals surface area contributed by atoms with E-state index in [-0.39, 0.29) is 12.1 Å². The molecule has 0 unspecified atom stereocenters. The van der Waals surface area contributed by atoms with Crippen molar-refractivity contribution in [3.63, 3.8) is 0 Å². The van der Waals surface area contributed by atoms with Crippen LogP contribution in [0.25, 0.3) is 5.69 Å². The Labute approximate surface area is 179 Å². The summed E-state index contributed by atoms with van der Waals surface area (Å²) in [6, 6.07) is 18.8. The summed E-state index contributed by atoms with van der Waals surface area (Å²) in [4.78, 5) is 6.93. The fourth-order valence-electron chi connectivity index (χ4n) is 3.81. The molecule has 1 aliphatic heterocycles. The van der Waals surface area contributed by atoms with Crippen molar-refractivity contribution < 1.29 is 0 Å². The molecule has 3 heterocycles. The molecule has 1 N–H and O–H groups in total. The number of pyridine rings is 1. The quantitative estimate of drug-likeness (QED) is 0.532. The second-order valence-corrected chi connectivity index (χ2v) is 8.76. The summed E-state index contributed by atoms with van der Waals surface area (Å²) >= 11 is 9.33. The van der Waals surface area contributed by atoms with Crippen LogP contribution in [0.1, 0.15) is 37.3 Å². The maximum atomic E-state index is 5.74. The maximum absolute atomic E-state index is 5.74. The van der Waals surface area contributed by atoms with Crippen LogP contribution in [-0.4, -0.2) is 26.1 Å². The molecule has 0 bridgehead atoms. The van der Waals surface area contributed by atoms with Gasteiger partial charge in [-0.2, -0.15) is 0 Å². The summed E-state index contributed by atoms with van der Waals surface area (Å²) in [6.07, 6.45) is 3.96. The Morgan fingerprint density at radius 3 is 2.71 bits per heavy atom. The zero-order valence-electron chi connectivity index (χ0n) is 15.9. The number of rotatable bonds is 5. The summed E-state index contributed by atoms with van der Waals surface area (Å²) in [5.41, 5.74) is 3.32. The molecule has 0 spiro atoms. The molecule has 28 heavy (non-hydrogen) atoms. The Bertz CT molecular complexity index is 969. The fraction of sp³-hybridized carbons (Fsp3) is 0.273. The molecule has 4 rings (SSSR count). The normalized spacial score (nSPS) is 19.3. The summed E-state index contributed by atoms with van der Waals surface area (Å²) in [5.74, 6) is 0.499. The van der Waals surface area contributed by atoms with E-state index in [2.05, 4.69) is 92.1 Å².